The minimum Gasteiger partial charge on any atom is -0.450 e. The number of benzene rings is 2. The number of rotatable bonds is 33. The van der Waals surface area contributed by atoms with Crippen LogP contribution in [-0.2, 0) is 17.6 Å². The normalized spacial score (nSPS) is 12.6. The number of aryl methyl sites for hydroxylation is 2. The van der Waals surface area contributed by atoms with E-state index >= 15 is 0 Å². The van der Waals surface area contributed by atoms with Crippen LogP contribution in [0.2, 0.25) is 0 Å². The van der Waals surface area contributed by atoms with Crippen molar-refractivity contribution in [3.63, 3.8) is 0 Å². The highest BCUT2D eigenvalue weighted by Gasteiger charge is 2.34. The van der Waals surface area contributed by atoms with Crippen molar-refractivity contribution in [3.05, 3.63) is 59.7 Å². The van der Waals surface area contributed by atoms with Crippen molar-refractivity contribution in [2.45, 2.75) is 193 Å². The lowest BCUT2D eigenvalue weighted by atomic mass is 10.0. The average Bonchev–Trinajstić information content (AvgIpc) is 3.10. The molecule has 0 aliphatic rings. The highest BCUT2D eigenvalue weighted by molar-refractivity contribution is 5.51. The quantitative estimate of drug-likeness (QED) is 0.0469. The Hall–Kier alpha value is -2.33. The van der Waals surface area contributed by atoms with Crippen LogP contribution in [0.5, 0.6) is 11.5 Å². The molecule has 0 aliphatic heterocycles. The van der Waals surface area contributed by atoms with Crippen molar-refractivity contribution in [2.75, 3.05) is 6.61 Å². The van der Waals surface area contributed by atoms with Crippen LogP contribution in [0, 0.1) is 0 Å². The van der Waals surface area contributed by atoms with Gasteiger partial charge in [-0.3, -0.25) is 0 Å². The highest BCUT2D eigenvalue weighted by Crippen LogP contribution is 2.27. The molecule has 1 unspecified atom stereocenters. The van der Waals surface area contributed by atoms with Gasteiger partial charge in [-0.1, -0.05) is 179 Å². The summed E-state index contributed by atoms with van der Waals surface area (Å²) in [4.78, 5) is 11.6. The first-order chi connectivity index (χ1) is 23.6. The van der Waals surface area contributed by atoms with Gasteiger partial charge in [0.1, 0.15) is 24.4 Å². The monoisotopic (exact) mass is 665 g/mol. The fourth-order valence-electron chi connectivity index (χ4n) is 6.62. The molecule has 0 spiro atoms. The van der Waals surface area contributed by atoms with Crippen LogP contribution in [-0.4, -0.2) is 23.8 Å². The smallest absolute Gasteiger partial charge is 0.280 e. The van der Waals surface area contributed by atoms with Crippen molar-refractivity contribution in [2.24, 2.45) is 0 Å². The van der Waals surface area contributed by atoms with E-state index in [0.29, 0.717) is 11.5 Å². The molecule has 1 atom stereocenters. The van der Waals surface area contributed by atoms with Gasteiger partial charge in [0.2, 0.25) is 0 Å². The average molecular weight is 665 g/mol. The van der Waals surface area contributed by atoms with Crippen LogP contribution < -0.4 is 9.47 Å². The van der Waals surface area contributed by atoms with E-state index in [0.717, 1.165) is 25.5 Å². The molecule has 0 aliphatic carbocycles. The van der Waals surface area contributed by atoms with Gasteiger partial charge in [0, 0.05) is 0 Å². The molecular formula is C44H72O4. The number of carbonyl (C=O) groups excluding carboxylic acids is 1. The van der Waals surface area contributed by atoms with Gasteiger partial charge in [0.25, 0.3) is 5.79 Å². The van der Waals surface area contributed by atoms with Crippen molar-refractivity contribution < 1.29 is 19.4 Å². The zero-order valence-electron chi connectivity index (χ0n) is 31.2. The summed E-state index contributed by atoms with van der Waals surface area (Å²) in [6.45, 7) is 4.13. The topological polar surface area (TPSA) is 55.8 Å². The van der Waals surface area contributed by atoms with Crippen LogP contribution in [0.4, 0.5) is 0 Å². The van der Waals surface area contributed by atoms with Gasteiger partial charge in [-0.05, 0) is 61.1 Å². The molecule has 4 heteroatoms. The second kappa shape index (κ2) is 28.5. The maximum atomic E-state index is 11.6. The molecule has 4 nitrogen and oxygen atoms in total. The Labute approximate surface area is 295 Å². The van der Waals surface area contributed by atoms with Gasteiger partial charge >= 0.3 is 0 Å². The summed E-state index contributed by atoms with van der Waals surface area (Å²) in [7, 11) is 0. The third kappa shape index (κ3) is 20.2. The Morgan fingerprint density at radius 3 is 1.38 bits per heavy atom. The van der Waals surface area contributed by atoms with Gasteiger partial charge in [-0.2, -0.15) is 0 Å². The number of carbonyl (C=O) groups is 1. The number of aldehydes is 1. The largest absolute Gasteiger partial charge is 0.450 e. The summed E-state index contributed by atoms with van der Waals surface area (Å²) >= 11 is 0. The lowest BCUT2D eigenvalue weighted by Gasteiger charge is -2.31. The zero-order chi connectivity index (χ0) is 34.4. The molecule has 0 bridgehead atoms. The second-order valence-corrected chi connectivity index (χ2v) is 14.2. The summed E-state index contributed by atoms with van der Waals surface area (Å²) in [6, 6.07) is 16.0. The molecule has 0 fully saturated rings. The standard InChI is InChI=1S/C44H72O4/c1-3-5-7-9-11-13-15-17-19-21-23-25-28-40-32-34-42(35-33-40)47-44(39-46,36-37-45)48-43-31-27-30-41(38-43)29-26-24-22-20-18-16-14-12-10-8-6-4-2/h27,30-35,37-38,46H,3-26,28-29,36,39H2,1-2H3. The molecule has 0 heterocycles. The van der Waals surface area contributed by atoms with Gasteiger partial charge < -0.3 is 19.4 Å². The Morgan fingerprint density at radius 2 is 0.938 bits per heavy atom. The SMILES string of the molecule is CCCCCCCCCCCCCCc1ccc(OC(CO)(CC=O)Oc2cccc(CCCCCCCCCCCCCC)c2)cc1. The fraction of sp³-hybridized carbons (Fsp3) is 0.705. The Morgan fingerprint density at radius 1 is 0.521 bits per heavy atom. The van der Waals surface area contributed by atoms with Gasteiger partial charge in [0.15, 0.2) is 0 Å². The predicted octanol–water partition coefficient (Wildman–Crippen LogP) is 12.9. The Bertz CT molecular complexity index is 1020. The van der Waals surface area contributed by atoms with E-state index < -0.39 is 12.4 Å². The summed E-state index contributed by atoms with van der Waals surface area (Å²) in [5.74, 6) is -0.240. The van der Waals surface area contributed by atoms with E-state index in [-0.39, 0.29) is 6.42 Å². The fourth-order valence-corrected chi connectivity index (χ4v) is 6.62. The van der Waals surface area contributed by atoms with Crippen LogP contribution in [0.25, 0.3) is 0 Å². The maximum Gasteiger partial charge on any atom is 0.280 e. The Kier molecular flexibility index (Phi) is 24.8. The third-order valence-electron chi connectivity index (χ3n) is 9.70. The van der Waals surface area contributed by atoms with Crippen molar-refractivity contribution in [1.82, 2.24) is 0 Å². The minimum absolute atomic E-state index is 0.0624. The van der Waals surface area contributed by atoms with E-state index in [4.69, 9.17) is 9.47 Å². The Balaban J connectivity index is 1.69. The maximum absolute atomic E-state index is 11.6. The summed E-state index contributed by atoms with van der Waals surface area (Å²) < 4.78 is 12.4. The van der Waals surface area contributed by atoms with Gasteiger partial charge in [0.05, 0.1) is 6.42 Å². The number of unbranched alkanes of at least 4 members (excludes halogenated alkanes) is 22. The molecule has 1 N–H and O–H groups in total. The number of hydrogen-bond donors (Lipinski definition) is 1. The summed E-state index contributed by atoms with van der Waals surface area (Å²) in [5.41, 5.74) is 2.49. The van der Waals surface area contributed by atoms with Crippen molar-refractivity contribution in [1.29, 1.82) is 0 Å². The van der Waals surface area contributed by atoms with E-state index in [9.17, 15) is 9.90 Å². The van der Waals surface area contributed by atoms with Crippen molar-refractivity contribution >= 4 is 6.29 Å². The molecule has 48 heavy (non-hydrogen) atoms. The molecule has 2 aromatic rings. The summed E-state index contributed by atoms with van der Waals surface area (Å²) in [5, 5.41) is 10.3. The molecule has 2 aromatic carbocycles. The van der Waals surface area contributed by atoms with Crippen LogP contribution in [0.15, 0.2) is 48.5 Å². The first-order valence-electron chi connectivity index (χ1n) is 20.2. The lowest BCUT2D eigenvalue weighted by molar-refractivity contribution is -0.153. The molecule has 0 saturated heterocycles. The lowest BCUT2D eigenvalue weighted by Crippen LogP contribution is -2.46. The molecular weight excluding hydrogens is 592 g/mol. The van der Waals surface area contributed by atoms with E-state index in [1.807, 2.05) is 30.3 Å². The predicted molar refractivity (Wildman–Crippen MR) is 204 cm³/mol. The number of aliphatic hydroxyl groups is 1. The molecule has 0 saturated carbocycles. The van der Waals surface area contributed by atoms with E-state index in [1.165, 1.54) is 159 Å². The second-order valence-electron chi connectivity index (χ2n) is 14.2. The summed E-state index contributed by atoms with van der Waals surface area (Å²) in [6.07, 6.45) is 35.1. The molecule has 0 radical (unpaired) electrons. The number of aliphatic hydroxyl groups excluding tert-OH is 1. The van der Waals surface area contributed by atoms with E-state index in [1.54, 1.807) is 0 Å². The number of ether oxygens (including phenoxy) is 2. The molecule has 0 aromatic heterocycles. The molecule has 2 rings (SSSR count). The van der Waals surface area contributed by atoms with Crippen LogP contribution in [0.1, 0.15) is 185 Å². The number of hydrogen-bond acceptors (Lipinski definition) is 4. The van der Waals surface area contributed by atoms with E-state index in [2.05, 4.69) is 32.0 Å². The van der Waals surface area contributed by atoms with Crippen LogP contribution in [0.3, 0.4) is 0 Å². The zero-order valence-corrected chi connectivity index (χ0v) is 31.2. The molecule has 272 valence electrons. The molecule has 0 amide bonds. The first kappa shape index (κ1) is 41.8. The first-order valence-corrected chi connectivity index (χ1v) is 20.2. The highest BCUT2D eigenvalue weighted by atomic mass is 16.7. The van der Waals surface area contributed by atoms with Crippen molar-refractivity contribution in [3.8, 4) is 11.5 Å². The van der Waals surface area contributed by atoms with Crippen LogP contribution >= 0.6 is 0 Å². The van der Waals surface area contributed by atoms with Gasteiger partial charge in [-0.15, -0.1) is 0 Å². The minimum atomic E-state index is -1.45. The third-order valence-corrected chi connectivity index (χ3v) is 9.70. The van der Waals surface area contributed by atoms with Gasteiger partial charge in [-0.25, -0.2) is 0 Å².